The van der Waals surface area contributed by atoms with Crippen molar-refractivity contribution in [1.82, 2.24) is 14.7 Å². The van der Waals surface area contributed by atoms with Crippen molar-refractivity contribution in [2.24, 2.45) is 0 Å². The van der Waals surface area contributed by atoms with Gasteiger partial charge in [-0.25, -0.2) is 9.97 Å². The highest BCUT2D eigenvalue weighted by Crippen LogP contribution is 2.26. The van der Waals surface area contributed by atoms with Crippen LogP contribution >= 0.6 is 27.5 Å². The van der Waals surface area contributed by atoms with E-state index in [2.05, 4.69) is 35.3 Å². The molecule has 1 aromatic rings. The summed E-state index contributed by atoms with van der Waals surface area (Å²) in [5, 5.41) is 0.120. The monoisotopic (exact) mass is 344 g/mol. The summed E-state index contributed by atoms with van der Waals surface area (Å²) in [6, 6.07) is 0. The van der Waals surface area contributed by atoms with Gasteiger partial charge in [-0.15, -0.1) is 0 Å². The highest BCUT2D eigenvalue weighted by atomic mass is 79.9. The van der Waals surface area contributed by atoms with Crippen LogP contribution in [0.4, 0.5) is 5.82 Å². The zero-order valence-corrected chi connectivity index (χ0v) is 11.9. The maximum atomic E-state index is 11.5. The van der Waals surface area contributed by atoms with Gasteiger partial charge in [-0.05, 0) is 15.9 Å². The lowest BCUT2D eigenvalue weighted by atomic mass is 10.6. The summed E-state index contributed by atoms with van der Waals surface area (Å²) in [6.07, 6.45) is 1.15. The molecular formula is C7H10BrClN4O3S. The Morgan fingerprint density at radius 2 is 2.24 bits per heavy atom. The standard InChI is InChI=1S/C7H10BrClN4O3S/c1-16-3-2-12-17(14,15)13-7-5(8)6(9)10-4-11-7/h4,12H,2-3H2,1H3,(H,10,11,13). The van der Waals surface area contributed by atoms with Gasteiger partial charge in [-0.3, -0.25) is 4.72 Å². The van der Waals surface area contributed by atoms with Gasteiger partial charge in [0.2, 0.25) is 0 Å². The van der Waals surface area contributed by atoms with Gasteiger partial charge in [-0.1, -0.05) is 11.6 Å². The lowest BCUT2D eigenvalue weighted by Crippen LogP contribution is -2.33. The van der Waals surface area contributed by atoms with E-state index in [1.807, 2.05) is 0 Å². The second-order valence-corrected chi connectivity index (χ2v) is 5.47. The molecule has 0 radical (unpaired) electrons. The molecule has 0 aliphatic rings. The van der Waals surface area contributed by atoms with E-state index in [1.165, 1.54) is 7.11 Å². The number of hydrogen-bond donors (Lipinski definition) is 2. The van der Waals surface area contributed by atoms with Crippen molar-refractivity contribution in [3.63, 3.8) is 0 Å². The van der Waals surface area contributed by atoms with Gasteiger partial charge in [-0.2, -0.15) is 13.1 Å². The molecule has 0 saturated carbocycles. The van der Waals surface area contributed by atoms with Crippen LogP contribution < -0.4 is 9.44 Å². The van der Waals surface area contributed by atoms with Crippen molar-refractivity contribution >= 4 is 43.6 Å². The maximum absolute atomic E-state index is 11.5. The van der Waals surface area contributed by atoms with Crippen LogP contribution in [0, 0.1) is 0 Å². The van der Waals surface area contributed by atoms with Crippen LogP contribution in [0.15, 0.2) is 10.8 Å². The molecule has 0 amide bonds. The molecular weight excluding hydrogens is 336 g/mol. The van der Waals surface area contributed by atoms with Crippen LogP contribution in [0.5, 0.6) is 0 Å². The number of nitrogens with one attached hydrogen (secondary N) is 2. The fourth-order valence-electron chi connectivity index (χ4n) is 0.861. The lowest BCUT2D eigenvalue weighted by molar-refractivity contribution is 0.204. The van der Waals surface area contributed by atoms with Gasteiger partial charge in [0.05, 0.1) is 11.1 Å². The summed E-state index contributed by atoms with van der Waals surface area (Å²) >= 11 is 8.77. The molecule has 17 heavy (non-hydrogen) atoms. The molecule has 0 atom stereocenters. The Hall–Kier alpha value is -0.480. The molecule has 1 aromatic heterocycles. The van der Waals surface area contributed by atoms with Gasteiger partial charge < -0.3 is 4.74 Å². The van der Waals surface area contributed by atoms with Gasteiger partial charge in [0.1, 0.15) is 11.5 Å². The van der Waals surface area contributed by atoms with Crippen molar-refractivity contribution < 1.29 is 13.2 Å². The molecule has 7 nitrogen and oxygen atoms in total. The number of methoxy groups -OCH3 is 1. The number of aromatic nitrogens is 2. The SMILES string of the molecule is COCCNS(=O)(=O)Nc1ncnc(Cl)c1Br. The predicted molar refractivity (Wildman–Crippen MR) is 67.2 cm³/mol. The molecule has 0 fully saturated rings. The summed E-state index contributed by atoms with van der Waals surface area (Å²) in [7, 11) is -2.23. The quantitative estimate of drug-likeness (QED) is 0.587. The first-order valence-electron chi connectivity index (χ1n) is 4.38. The first kappa shape index (κ1) is 14.6. The van der Waals surface area contributed by atoms with Gasteiger partial charge >= 0.3 is 0 Å². The van der Waals surface area contributed by atoms with Crippen LogP contribution in [0.1, 0.15) is 0 Å². The third-order valence-corrected chi connectivity index (χ3v) is 3.89. The number of nitrogens with zero attached hydrogens (tertiary/aromatic N) is 2. The molecule has 10 heteroatoms. The van der Waals surface area contributed by atoms with E-state index < -0.39 is 10.2 Å². The minimum Gasteiger partial charge on any atom is -0.383 e. The largest absolute Gasteiger partial charge is 0.383 e. The third kappa shape index (κ3) is 4.72. The normalized spacial score (nSPS) is 11.5. The van der Waals surface area contributed by atoms with Crippen LogP contribution in [-0.2, 0) is 14.9 Å². The van der Waals surface area contributed by atoms with Crippen molar-refractivity contribution in [2.75, 3.05) is 25.0 Å². The van der Waals surface area contributed by atoms with Crippen LogP contribution in [0.2, 0.25) is 5.15 Å². The average molecular weight is 346 g/mol. The van der Waals surface area contributed by atoms with Crippen molar-refractivity contribution in [2.45, 2.75) is 0 Å². The first-order chi connectivity index (χ1) is 7.96. The molecule has 0 saturated heterocycles. The zero-order valence-electron chi connectivity index (χ0n) is 8.77. The summed E-state index contributed by atoms with van der Waals surface area (Å²) in [5.41, 5.74) is 0. The molecule has 0 spiro atoms. The second-order valence-electron chi connectivity index (χ2n) is 2.82. The molecule has 1 heterocycles. The Morgan fingerprint density at radius 3 is 2.88 bits per heavy atom. The van der Waals surface area contributed by atoms with Gasteiger partial charge in [0, 0.05) is 13.7 Å². The molecule has 0 bridgehead atoms. The van der Waals surface area contributed by atoms with Crippen molar-refractivity contribution in [3.8, 4) is 0 Å². The fourth-order valence-corrected chi connectivity index (χ4v) is 2.26. The average Bonchev–Trinajstić information content (AvgIpc) is 2.25. The Labute approximate surface area is 112 Å². The molecule has 0 aromatic carbocycles. The fraction of sp³-hybridized carbons (Fsp3) is 0.429. The van der Waals surface area contributed by atoms with Crippen LogP contribution in [-0.4, -0.2) is 38.6 Å². The van der Waals surface area contributed by atoms with Crippen molar-refractivity contribution in [3.05, 3.63) is 16.0 Å². The van der Waals surface area contributed by atoms with E-state index in [-0.39, 0.29) is 28.6 Å². The summed E-state index contributed by atoms with van der Waals surface area (Å²) in [5.74, 6) is 0.0647. The molecule has 0 aliphatic heterocycles. The second kappa shape index (κ2) is 6.45. The molecule has 2 N–H and O–H groups in total. The summed E-state index contributed by atoms with van der Waals surface area (Å²) in [6.45, 7) is 0.425. The molecule has 1 rings (SSSR count). The van der Waals surface area contributed by atoms with Gasteiger partial charge in [0.15, 0.2) is 5.82 Å². The predicted octanol–water partition coefficient (Wildman–Crippen LogP) is 0.785. The topological polar surface area (TPSA) is 93.2 Å². The summed E-state index contributed by atoms with van der Waals surface area (Å²) < 4.78 is 32.5. The Kier molecular flexibility index (Phi) is 5.53. The minimum atomic E-state index is -3.71. The number of halogens is 2. The highest BCUT2D eigenvalue weighted by molar-refractivity contribution is 9.10. The lowest BCUT2D eigenvalue weighted by Gasteiger charge is -2.09. The Morgan fingerprint density at radius 1 is 1.53 bits per heavy atom. The number of rotatable bonds is 6. The van der Waals surface area contributed by atoms with Crippen LogP contribution in [0.25, 0.3) is 0 Å². The zero-order chi connectivity index (χ0) is 12.9. The van der Waals surface area contributed by atoms with E-state index in [0.29, 0.717) is 0 Å². The maximum Gasteiger partial charge on any atom is 0.300 e. The Bertz CT molecular complexity index is 484. The van der Waals surface area contributed by atoms with Gasteiger partial charge in [0.25, 0.3) is 10.2 Å². The smallest absolute Gasteiger partial charge is 0.300 e. The third-order valence-electron chi connectivity index (χ3n) is 1.58. The Balaban J connectivity index is 2.73. The van der Waals surface area contributed by atoms with E-state index in [4.69, 9.17) is 16.3 Å². The van der Waals surface area contributed by atoms with Crippen molar-refractivity contribution in [1.29, 1.82) is 0 Å². The number of anilines is 1. The molecule has 0 aliphatic carbocycles. The highest BCUT2D eigenvalue weighted by Gasteiger charge is 2.14. The molecule has 96 valence electrons. The molecule has 0 unspecified atom stereocenters. The van der Waals surface area contributed by atoms with E-state index >= 15 is 0 Å². The number of hydrogen-bond acceptors (Lipinski definition) is 5. The van der Waals surface area contributed by atoms with Crippen LogP contribution in [0.3, 0.4) is 0 Å². The minimum absolute atomic E-state index is 0.0647. The summed E-state index contributed by atoms with van der Waals surface area (Å²) in [4.78, 5) is 7.43. The first-order valence-corrected chi connectivity index (χ1v) is 7.04. The van der Waals surface area contributed by atoms with E-state index in [9.17, 15) is 8.42 Å². The van der Waals surface area contributed by atoms with E-state index in [1.54, 1.807) is 0 Å². The number of ether oxygens (including phenoxy) is 1. The van der Waals surface area contributed by atoms with E-state index in [0.717, 1.165) is 6.33 Å².